The van der Waals surface area contributed by atoms with Crippen molar-refractivity contribution >= 4 is 39.3 Å². The fourth-order valence-electron chi connectivity index (χ4n) is 4.30. The van der Waals surface area contributed by atoms with E-state index in [4.69, 9.17) is 0 Å². The maximum atomic E-state index is 13.1. The molecule has 1 aliphatic heterocycles. The Kier molecular flexibility index (Phi) is 7.59. The smallest absolute Gasteiger partial charge is 0.433 e. The SMILES string of the molecule is Cc1cc(Nc2nccc(C(F)(F)F)n2)cc(-c2cnc(C3(O)CCN(S(=O)(=O)N(C(=O)O)C(C)(C)C)C3)s2)c1. The number of halogens is 3. The molecular weight excluding hydrogens is 573 g/mol. The van der Waals surface area contributed by atoms with Gasteiger partial charge in [-0.05, 0) is 63.4 Å². The van der Waals surface area contributed by atoms with Crippen LogP contribution < -0.4 is 5.32 Å². The van der Waals surface area contributed by atoms with Gasteiger partial charge in [0.1, 0.15) is 16.3 Å². The molecule has 1 aliphatic rings. The number of nitrogens with zero attached hydrogens (tertiary/aromatic N) is 5. The third-order valence-electron chi connectivity index (χ3n) is 6.02. The number of aliphatic hydroxyl groups is 1. The van der Waals surface area contributed by atoms with Gasteiger partial charge in [0.15, 0.2) is 0 Å². The van der Waals surface area contributed by atoms with Crippen LogP contribution in [0.1, 0.15) is 43.5 Å². The van der Waals surface area contributed by atoms with Gasteiger partial charge < -0.3 is 15.5 Å². The number of carboxylic acid groups (broad SMARTS) is 1. The van der Waals surface area contributed by atoms with Crippen LogP contribution in [-0.4, -0.2) is 66.9 Å². The molecule has 1 unspecified atom stereocenters. The molecule has 0 aliphatic carbocycles. The van der Waals surface area contributed by atoms with Crippen molar-refractivity contribution in [3.8, 4) is 10.4 Å². The first-order chi connectivity index (χ1) is 18.4. The number of amides is 1. The molecule has 1 amide bonds. The van der Waals surface area contributed by atoms with Crippen LogP contribution >= 0.6 is 11.3 Å². The zero-order valence-electron chi connectivity index (χ0n) is 21.9. The zero-order chi connectivity index (χ0) is 29.7. The van der Waals surface area contributed by atoms with Gasteiger partial charge in [-0.15, -0.1) is 11.3 Å². The summed E-state index contributed by atoms with van der Waals surface area (Å²) in [7, 11) is -4.44. The number of hydrogen-bond acceptors (Lipinski definition) is 9. The molecular formula is C24H27F3N6O5S2. The molecule has 16 heteroatoms. The van der Waals surface area contributed by atoms with Crippen LogP contribution in [0.2, 0.25) is 0 Å². The summed E-state index contributed by atoms with van der Waals surface area (Å²) >= 11 is 1.12. The third-order valence-corrected chi connectivity index (χ3v) is 9.39. The quantitative estimate of drug-likeness (QED) is 0.369. The molecule has 11 nitrogen and oxygen atoms in total. The van der Waals surface area contributed by atoms with Crippen molar-refractivity contribution in [1.29, 1.82) is 0 Å². The minimum Gasteiger partial charge on any atom is -0.464 e. The van der Waals surface area contributed by atoms with Crippen LogP contribution in [0.4, 0.5) is 29.6 Å². The maximum Gasteiger partial charge on any atom is 0.433 e. The maximum absolute atomic E-state index is 13.1. The molecule has 1 saturated heterocycles. The van der Waals surface area contributed by atoms with E-state index in [2.05, 4.69) is 20.3 Å². The summed E-state index contributed by atoms with van der Waals surface area (Å²) in [5.74, 6) is -0.233. The predicted molar refractivity (Wildman–Crippen MR) is 141 cm³/mol. The van der Waals surface area contributed by atoms with E-state index in [0.29, 0.717) is 20.4 Å². The number of carbonyl (C=O) groups is 1. The Morgan fingerprint density at radius 1 is 1.20 bits per heavy atom. The second kappa shape index (κ2) is 10.2. The van der Waals surface area contributed by atoms with E-state index in [0.717, 1.165) is 33.5 Å². The summed E-state index contributed by atoms with van der Waals surface area (Å²) in [5, 5.41) is 23.9. The second-order valence-corrected chi connectivity index (χ2v) is 13.2. The van der Waals surface area contributed by atoms with Gasteiger partial charge in [0.05, 0.1) is 17.0 Å². The van der Waals surface area contributed by atoms with E-state index in [1.54, 1.807) is 19.1 Å². The summed E-state index contributed by atoms with van der Waals surface area (Å²) in [6.45, 7) is 5.67. The van der Waals surface area contributed by atoms with Crippen LogP contribution in [0, 0.1) is 6.92 Å². The standard InChI is InChI=1S/C24H27F3N6O5S2/c1-14-9-15(11-16(10-14)30-20-28-7-5-18(31-20)24(25,26)27)17-12-29-19(39-17)23(36)6-8-32(13-23)40(37,38)33(21(34)35)22(2,3)4/h5,7,9-12,36H,6,8,13H2,1-4H3,(H,34,35)(H,28,30,31). The Labute approximate surface area is 232 Å². The van der Waals surface area contributed by atoms with Crippen molar-refractivity contribution in [2.45, 2.75) is 51.4 Å². The molecule has 0 saturated carbocycles. The topological polar surface area (TPSA) is 149 Å². The van der Waals surface area contributed by atoms with Gasteiger partial charge in [0.2, 0.25) is 5.95 Å². The average molecular weight is 601 g/mol. The van der Waals surface area contributed by atoms with E-state index in [-0.39, 0.29) is 30.5 Å². The number of rotatable bonds is 6. The third kappa shape index (κ3) is 6.04. The Bertz CT molecular complexity index is 1540. The first-order valence-corrected chi connectivity index (χ1v) is 14.1. The van der Waals surface area contributed by atoms with Crippen LogP contribution in [0.15, 0.2) is 36.7 Å². The van der Waals surface area contributed by atoms with E-state index < -0.39 is 39.3 Å². The zero-order valence-corrected chi connectivity index (χ0v) is 23.5. The summed E-state index contributed by atoms with van der Waals surface area (Å²) in [4.78, 5) is 24.1. The van der Waals surface area contributed by atoms with Gasteiger partial charge in [-0.25, -0.2) is 19.7 Å². The molecule has 3 aromatic rings. The Hall–Kier alpha value is -3.34. The van der Waals surface area contributed by atoms with Gasteiger partial charge in [-0.3, -0.25) is 0 Å². The molecule has 3 heterocycles. The number of nitrogens with one attached hydrogen (secondary N) is 1. The average Bonchev–Trinajstić information content (AvgIpc) is 3.45. The van der Waals surface area contributed by atoms with Gasteiger partial charge in [-0.2, -0.15) is 30.2 Å². The number of aryl methyl sites for hydroxylation is 1. The molecule has 3 N–H and O–H groups in total. The number of thiazole rings is 1. The van der Waals surface area contributed by atoms with Crippen LogP contribution in [0.25, 0.3) is 10.4 Å². The van der Waals surface area contributed by atoms with Gasteiger partial charge in [0.25, 0.3) is 0 Å². The molecule has 1 aromatic carbocycles. The molecule has 216 valence electrons. The van der Waals surface area contributed by atoms with Crippen molar-refractivity contribution < 1.29 is 36.6 Å². The van der Waals surface area contributed by atoms with Crippen molar-refractivity contribution in [2.24, 2.45) is 0 Å². The Morgan fingerprint density at radius 2 is 1.90 bits per heavy atom. The van der Waals surface area contributed by atoms with Crippen molar-refractivity contribution in [1.82, 2.24) is 23.6 Å². The highest BCUT2D eigenvalue weighted by atomic mass is 32.2. The van der Waals surface area contributed by atoms with Gasteiger partial charge in [0, 0.05) is 24.6 Å². The Balaban J connectivity index is 1.57. The molecule has 4 rings (SSSR count). The van der Waals surface area contributed by atoms with E-state index in [1.165, 1.54) is 27.0 Å². The predicted octanol–water partition coefficient (Wildman–Crippen LogP) is 4.59. The van der Waals surface area contributed by atoms with Gasteiger partial charge in [-0.1, -0.05) is 6.07 Å². The number of benzene rings is 1. The first-order valence-electron chi connectivity index (χ1n) is 11.9. The number of alkyl halides is 3. The lowest BCUT2D eigenvalue weighted by Crippen LogP contribution is -2.54. The lowest BCUT2D eigenvalue weighted by molar-refractivity contribution is -0.141. The number of anilines is 2. The molecule has 1 atom stereocenters. The van der Waals surface area contributed by atoms with E-state index >= 15 is 0 Å². The van der Waals surface area contributed by atoms with Crippen LogP contribution in [0.3, 0.4) is 0 Å². The van der Waals surface area contributed by atoms with E-state index in [9.17, 15) is 36.6 Å². The molecule has 0 radical (unpaired) electrons. The van der Waals surface area contributed by atoms with Gasteiger partial charge >= 0.3 is 22.5 Å². The summed E-state index contributed by atoms with van der Waals surface area (Å²) in [5.41, 5.74) is -2.12. The summed E-state index contributed by atoms with van der Waals surface area (Å²) in [6.07, 6.45) is -3.73. The minimum absolute atomic E-state index is 0.00426. The number of aromatic nitrogens is 3. The molecule has 0 spiro atoms. The van der Waals surface area contributed by atoms with Crippen molar-refractivity contribution in [3.63, 3.8) is 0 Å². The highest BCUT2D eigenvalue weighted by molar-refractivity contribution is 7.87. The lowest BCUT2D eigenvalue weighted by atomic mass is 10.1. The van der Waals surface area contributed by atoms with E-state index in [1.807, 2.05) is 6.07 Å². The highest BCUT2D eigenvalue weighted by Gasteiger charge is 2.49. The number of β-amino-alcohol motifs (C(OH)–C–C–N with tert-alkyl or cyclic N) is 1. The normalized spacial score (nSPS) is 18.6. The van der Waals surface area contributed by atoms with Crippen molar-refractivity contribution in [3.05, 3.63) is 52.9 Å². The monoisotopic (exact) mass is 600 g/mol. The largest absolute Gasteiger partial charge is 0.464 e. The molecule has 40 heavy (non-hydrogen) atoms. The minimum atomic E-state index is -4.62. The highest BCUT2D eigenvalue weighted by Crippen LogP contribution is 2.40. The molecule has 1 fully saturated rings. The Morgan fingerprint density at radius 3 is 2.52 bits per heavy atom. The summed E-state index contributed by atoms with van der Waals surface area (Å²) in [6, 6.07) is 5.95. The summed E-state index contributed by atoms with van der Waals surface area (Å²) < 4.78 is 66.6. The fraction of sp³-hybridized carbons (Fsp3) is 0.417. The lowest BCUT2D eigenvalue weighted by Gasteiger charge is -2.35. The fourth-order valence-corrected chi connectivity index (χ4v) is 7.13. The first kappa shape index (κ1) is 29.6. The van der Waals surface area contributed by atoms with Crippen molar-refractivity contribution in [2.75, 3.05) is 18.4 Å². The number of hydrogen-bond donors (Lipinski definition) is 3. The van der Waals surface area contributed by atoms with Crippen LogP contribution in [-0.2, 0) is 22.0 Å². The molecule has 0 bridgehead atoms. The second-order valence-electron chi connectivity index (χ2n) is 10.3. The van der Waals surface area contributed by atoms with Crippen LogP contribution in [0.5, 0.6) is 0 Å². The molecule has 2 aromatic heterocycles.